The van der Waals surface area contributed by atoms with Crippen molar-refractivity contribution in [3.63, 3.8) is 0 Å². The van der Waals surface area contributed by atoms with Crippen molar-refractivity contribution in [2.75, 3.05) is 0 Å². The van der Waals surface area contributed by atoms with E-state index in [1.54, 1.807) is 20.8 Å². The van der Waals surface area contributed by atoms with Gasteiger partial charge in [-0.05, 0) is 45.1 Å². The Morgan fingerprint density at radius 2 is 1.66 bits per heavy atom. The lowest BCUT2D eigenvalue weighted by molar-refractivity contribution is -0.156. The first-order valence-corrected chi connectivity index (χ1v) is 10.5. The van der Waals surface area contributed by atoms with Gasteiger partial charge in [-0.3, -0.25) is 9.59 Å². The quantitative estimate of drug-likeness (QED) is 0.410. The van der Waals surface area contributed by atoms with E-state index in [1.807, 2.05) is 30.3 Å². The minimum Gasteiger partial charge on any atom is -0.460 e. The van der Waals surface area contributed by atoms with E-state index in [-0.39, 0.29) is 24.7 Å². The van der Waals surface area contributed by atoms with E-state index < -0.39 is 23.7 Å². The number of hydrogen-bond acceptors (Lipinski definition) is 5. The summed E-state index contributed by atoms with van der Waals surface area (Å²) in [4.78, 5) is 37.4. The number of ketones is 1. The molecule has 1 N–H and O–H groups in total. The maximum atomic E-state index is 12.9. The molecule has 6 nitrogen and oxygen atoms in total. The Kier molecular flexibility index (Phi) is 8.68. The molecule has 29 heavy (non-hydrogen) atoms. The van der Waals surface area contributed by atoms with Gasteiger partial charge < -0.3 is 14.8 Å². The number of carbonyl (C=O) groups excluding carboxylic acids is 3. The summed E-state index contributed by atoms with van der Waals surface area (Å²) in [6.45, 7) is 5.41. The lowest BCUT2D eigenvalue weighted by Gasteiger charge is -2.26. The molecule has 1 aromatic carbocycles. The fraction of sp³-hybridized carbons (Fsp3) is 0.609. The highest BCUT2D eigenvalue weighted by Gasteiger charge is 2.32. The largest absolute Gasteiger partial charge is 0.460 e. The van der Waals surface area contributed by atoms with Crippen LogP contribution in [0.3, 0.4) is 0 Å². The number of rotatable bonds is 7. The third-order valence-corrected chi connectivity index (χ3v) is 4.94. The second-order valence-electron chi connectivity index (χ2n) is 8.66. The molecule has 0 spiro atoms. The molecule has 1 aromatic rings. The summed E-state index contributed by atoms with van der Waals surface area (Å²) < 4.78 is 10.6. The van der Waals surface area contributed by atoms with Crippen LogP contribution >= 0.6 is 0 Å². The maximum Gasteiger partial charge on any atom is 0.408 e. The van der Waals surface area contributed by atoms with Crippen LogP contribution in [-0.2, 0) is 25.7 Å². The monoisotopic (exact) mass is 403 g/mol. The topological polar surface area (TPSA) is 81.7 Å². The number of carbonyl (C=O) groups is 3. The van der Waals surface area contributed by atoms with E-state index in [4.69, 9.17) is 9.47 Å². The Hall–Kier alpha value is -2.37. The number of alkyl carbamates (subject to hydrolysis) is 1. The predicted molar refractivity (Wildman–Crippen MR) is 110 cm³/mol. The van der Waals surface area contributed by atoms with Gasteiger partial charge >= 0.3 is 12.1 Å². The predicted octanol–water partition coefficient (Wildman–Crippen LogP) is 4.55. The van der Waals surface area contributed by atoms with E-state index in [0.717, 1.165) is 44.1 Å². The Morgan fingerprint density at radius 1 is 1.03 bits per heavy atom. The number of esters is 1. The highest BCUT2D eigenvalue weighted by atomic mass is 16.6. The van der Waals surface area contributed by atoms with Gasteiger partial charge in [0.2, 0.25) is 0 Å². The molecule has 1 aliphatic carbocycles. The lowest BCUT2D eigenvalue weighted by atomic mass is 9.88. The van der Waals surface area contributed by atoms with Gasteiger partial charge in [0, 0.05) is 0 Å². The minimum absolute atomic E-state index is 0.0108. The third-order valence-electron chi connectivity index (χ3n) is 4.94. The summed E-state index contributed by atoms with van der Waals surface area (Å²) in [5, 5.41) is 2.73. The van der Waals surface area contributed by atoms with Crippen LogP contribution in [0.4, 0.5) is 4.79 Å². The molecular formula is C23H33NO5. The average molecular weight is 404 g/mol. The molecule has 0 saturated heterocycles. The SMILES string of the molecule is CC(C)(C)OC(=O)CC(=O)[C@@H](NC(=O)OCc1ccccc1)C1CCCCCC1. The lowest BCUT2D eigenvalue weighted by Crippen LogP contribution is -2.47. The molecule has 2 rings (SSSR count). The normalized spacial score (nSPS) is 16.4. The van der Waals surface area contributed by atoms with Crippen molar-refractivity contribution in [1.29, 1.82) is 0 Å². The van der Waals surface area contributed by atoms with Gasteiger partial charge in [-0.25, -0.2) is 4.79 Å². The van der Waals surface area contributed by atoms with Crippen LogP contribution in [0.5, 0.6) is 0 Å². The first-order valence-electron chi connectivity index (χ1n) is 10.5. The zero-order valence-electron chi connectivity index (χ0n) is 17.7. The molecule has 0 aromatic heterocycles. The Balaban J connectivity index is 2.00. The summed E-state index contributed by atoms with van der Waals surface area (Å²) in [5.74, 6) is -0.875. The van der Waals surface area contributed by atoms with Gasteiger partial charge in [0.15, 0.2) is 5.78 Å². The maximum absolute atomic E-state index is 12.9. The molecular weight excluding hydrogens is 370 g/mol. The first kappa shape index (κ1) is 22.9. The fourth-order valence-corrected chi connectivity index (χ4v) is 3.63. The van der Waals surface area contributed by atoms with Crippen LogP contribution in [0.15, 0.2) is 30.3 Å². The number of hydrogen-bond donors (Lipinski definition) is 1. The molecule has 0 radical (unpaired) electrons. The van der Waals surface area contributed by atoms with Gasteiger partial charge in [-0.2, -0.15) is 0 Å². The van der Waals surface area contributed by atoms with Gasteiger partial charge in [0.25, 0.3) is 0 Å². The van der Waals surface area contributed by atoms with Gasteiger partial charge in [-0.1, -0.05) is 56.0 Å². The van der Waals surface area contributed by atoms with Crippen LogP contribution in [0.1, 0.15) is 71.3 Å². The van der Waals surface area contributed by atoms with Crippen LogP contribution in [-0.4, -0.2) is 29.5 Å². The average Bonchev–Trinajstić information content (AvgIpc) is 2.93. The van der Waals surface area contributed by atoms with Gasteiger partial charge in [0.1, 0.15) is 18.6 Å². The van der Waals surface area contributed by atoms with E-state index in [0.29, 0.717) is 0 Å². The molecule has 1 amide bonds. The molecule has 0 unspecified atom stereocenters. The standard InChI is InChI=1S/C23H33NO5/c1-23(2,3)29-20(26)15-19(25)21(18-13-9-4-5-10-14-18)24-22(27)28-16-17-11-7-6-8-12-17/h6-8,11-12,18,21H,4-5,9-10,13-16H2,1-3H3,(H,24,27)/t21-/m0/s1. The molecule has 6 heteroatoms. The van der Waals surface area contributed by atoms with Crippen molar-refractivity contribution in [2.24, 2.45) is 5.92 Å². The van der Waals surface area contributed by atoms with E-state index >= 15 is 0 Å². The Bertz CT molecular complexity index is 672. The fourth-order valence-electron chi connectivity index (χ4n) is 3.63. The van der Waals surface area contributed by atoms with E-state index in [1.165, 1.54) is 0 Å². The Labute approximate surface area is 173 Å². The number of benzene rings is 1. The van der Waals surface area contributed by atoms with Crippen molar-refractivity contribution in [3.8, 4) is 0 Å². The molecule has 1 saturated carbocycles. The smallest absolute Gasteiger partial charge is 0.408 e. The molecule has 160 valence electrons. The molecule has 1 aliphatic rings. The molecule has 0 heterocycles. The van der Waals surface area contributed by atoms with Crippen molar-refractivity contribution < 1.29 is 23.9 Å². The van der Waals surface area contributed by atoms with Crippen LogP contribution in [0, 0.1) is 5.92 Å². The van der Waals surface area contributed by atoms with Crippen molar-refractivity contribution >= 4 is 17.8 Å². The summed E-state index contributed by atoms with van der Waals surface area (Å²) in [5.41, 5.74) is 0.214. The van der Waals surface area contributed by atoms with Gasteiger partial charge in [-0.15, -0.1) is 0 Å². The third kappa shape index (κ3) is 8.67. The number of nitrogens with one attached hydrogen (secondary N) is 1. The van der Waals surface area contributed by atoms with E-state index in [2.05, 4.69) is 5.32 Å². The first-order chi connectivity index (χ1) is 13.7. The van der Waals surface area contributed by atoms with Crippen molar-refractivity contribution in [2.45, 2.75) is 84.0 Å². The summed E-state index contributed by atoms with van der Waals surface area (Å²) in [6.07, 6.45) is 5.00. The minimum atomic E-state index is -0.733. The summed E-state index contributed by atoms with van der Waals surface area (Å²) in [7, 11) is 0. The molecule has 1 fully saturated rings. The zero-order chi connectivity index (χ0) is 21.3. The van der Waals surface area contributed by atoms with Crippen molar-refractivity contribution in [3.05, 3.63) is 35.9 Å². The van der Waals surface area contributed by atoms with E-state index in [9.17, 15) is 14.4 Å². The van der Waals surface area contributed by atoms with Crippen LogP contribution in [0.25, 0.3) is 0 Å². The number of amides is 1. The second-order valence-corrected chi connectivity index (χ2v) is 8.66. The molecule has 0 aliphatic heterocycles. The highest BCUT2D eigenvalue weighted by Crippen LogP contribution is 2.27. The Morgan fingerprint density at radius 3 is 2.24 bits per heavy atom. The number of ether oxygens (including phenoxy) is 2. The van der Waals surface area contributed by atoms with Crippen LogP contribution < -0.4 is 5.32 Å². The highest BCUT2D eigenvalue weighted by molar-refractivity contribution is 5.99. The second kappa shape index (κ2) is 11.0. The van der Waals surface area contributed by atoms with Crippen LogP contribution in [0.2, 0.25) is 0 Å². The summed E-state index contributed by atoms with van der Waals surface area (Å²) >= 11 is 0. The van der Waals surface area contributed by atoms with Crippen molar-refractivity contribution in [1.82, 2.24) is 5.32 Å². The molecule has 1 atom stereocenters. The molecule has 0 bridgehead atoms. The van der Waals surface area contributed by atoms with Gasteiger partial charge in [0.05, 0.1) is 6.04 Å². The zero-order valence-corrected chi connectivity index (χ0v) is 17.7. The summed E-state index contributed by atoms with van der Waals surface area (Å²) in [6, 6.07) is 8.63. The number of Topliss-reactive ketones (excluding diaryl/α,β-unsaturated/α-hetero) is 1.